The van der Waals surface area contributed by atoms with Crippen molar-refractivity contribution in [2.45, 2.75) is 34.6 Å². The third-order valence-corrected chi connectivity index (χ3v) is 0.632. The van der Waals surface area contributed by atoms with Crippen molar-refractivity contribution >= 4 is 0 Å². The Bertz CT molecular complexity index is 31.0. The predicted molar refractivity (Wildman–Crippen MR) is 59.9 cm³/mol. The quantitative estimate of drug-likeness (QED) is 0.613. The minimum atomic E-state index is 1.14. The molecule has 0 fully saturated rings. The lowest BCUT2D eigenvalue weighted by Crippen LogP contribution is -2.08. The minimum absolute atomic E-state index is 1.14. The van der Waals surface area contributed by atoms with Crippen LogP contribution in [0.3, 0.4) is 0 Å². The van der Waals surface area contributed by atoms with Crippen molar-refractivity contribution in [2.24, 2.45) is 0 Å². The molecule has 0 saturated carbocycles. The highest BCUT2D eigenvalue weighted by Crippen LogP contribution is 1.63. The smallest absolute Gasteiger partial charge is 0.0351 e. The van der Waals surface area contributed by atoms with Gasteiger partial charge >= 0.3 is 0 Å². The zero-order chi connectivity index (χ0) is 11.0. The highest BCUT2D eigenvalue weighted by Gasteiger charge is 1.72. The van der Waals surface area contributed by atoms with Crippen molar-refractivity contribution in [1.82, 2.24) is 4.90 Å². The molecule has 0 radical (unpaired) electrons. The number of hydrogen-bond donors (Lipinski definition) is 0. The third-order valence-electron chi connectivity index (χ3n) is 0.632. The van der Waals surface area contributed by atoms with Crippen LogP contribution in [0.5, 0.6) is 0 Å². The average molecular weight is 179 g/mol. The topological polar surface area (TPSA) is 12.5 Å². The first-order chi connectivity index (χ1) is 5.68. The van der Waals surface area contributed by atoms with Gasteiger partial charge in [0.05, 0.1) is 0 Å². The van der Waals surface area contributed by atoms with Crippen molar-refractivity contribution in [3.63, 3.8) is 0 Å². The van der Waals surface area contributed by atoms with Crippen LogP contribution in [0, 0.1) is 0 Å². The van der Waals surface area contributed by atoms with Crippen molar-refractivity contribution in [2.75, 3.05) is 34.9 Å². The fourth-order valence-electron chi connectivity index (χ4n) is 0. The molecule has 0 aromatic rings. The molecule has 0 aromatic carbocycles. The molecule has 0 saturated heterocycles. The lowest BCUT2D eigenvalue weighted by atomic mass is 10.7. The Morgan fingerprint density at radius 3 is 1.00 bits per heavy atom. The summed E-state index contributed by atoms with van der Waals surface area (Å²) in [5, 5.41) is 0. The molecule has 80 valence electrons. The van der Waals surface area contributed by atoms with E-state index in [0.717, 1.165) is 6.54 Å². The summed E-state index contributed by atoms with van der Waals surface area (Å²) in [6.45, 7) is 11.3. The summed E-state index contributed by atoms with van der Waals surface area (Å²) in [5.74, 6) is 0. The molecule has 0 aliphatic rings. The van der Waals surface area contributed by atoms with Gasteiger partial charge in [-0.3, -0.25) is 0 Å². The molecule has 0 aliphatic heterocycles. The van der Waals surface area contributed by atoms with Gasteiger partial charge in [0.1, 0.15) is 0 Å². The first kappa shape index (κ1) is 22.7. The highest BCUT2D eigenvalue weighted by molar-refractivity contribution is 4.25. The molecule has 0 spiro atoms. The van der Waals surface area contributed by atoms with Crippen LogP contribution in [-0.2, 0) is 4.74 Å². The molecule has 2 nitrogen and oxygen atoms in total. The molecule has 0 amide bonds. The second-order valence-corrected chi connectivity index (χ2v) is 1.80. The Morgan fingerprint density at radius 1 is 0.917 bits per heavy atom. The lowest BCUT2D eigenvalue weighted by molar-refractivity contribution is 0.277. The fraction of sp³-hybridized carbons (Fsp3) is 1.00. The summed E-state index contributed by atoms with van der Waals surface area (Å²) in [7, 11) is 7.36. The van der Waals surface area contributed by atoms with Gasteiger partial charge in [0.2, 0.25) is 0 Å². The molecule has 0 aliphatic carbocycles. The van der Waals surface area contributed by atoms with Gasteiger partial charge in [-0.05, 0) is 20.6 Å². The number of ether oxygens (including phenoxy) is 1. The lowest BCUT2D eigenvalue weighted by Gasteiger charge is -2.00. The Labute approximate surface area is 79.9 Å². The standard InChI is InChI=1S/C4H11N.C2H6O.2C2H6/c1-4-5(2)3;1-3-2;2*1-2/h4H2,1-3H3;1-2H3;2*1-2H3. The molecule has 0 N–H and O–H groups in total. The van der Waals surface area contributed by atoms with Crippen LogP contribution in [0.15, 0.2) is 0 Å². The molecule has 0 aromatic heterocycles. The van der Waals surface area contributed by atoms with Gasteiger partial charge in [0, 0.05) is 14.2 Å². The monoisotopic (exact) mass is 179 g/mol. The maximum absolute atomic E-state index is 4.25. The minimum Gasteiger partial charge on any atom is -0.388 e. The zero-order valence-corrected chi connectivity index (χ0v) is 10.6. The third kappa shape index (κ3) is 214. The second-order valence-electron chi connectivity index (χ2n) is 1.80. The van der Waals surface area contributed by atoms with Gasteiger partial charge in [-0.2, -0.15) is 0 Å². The van der Waals surface area contributed by atoms with E-state index in [1.165, 1.54) is 0 Å². The number of hydrogen-bond acceptors (Lipinski definition) is 2. The molecule has 0 bridgehead atoms. The summed E-state index contributed by atoms with van der Waals surface area (Å²) in [6, 6.07) is 0. The molecular weight excluding hydrogens is 150 g/mol. The Hall–Kier alpha value is -0.0800. The van der Waals surface area contributed by atoms with E-state index < -0.39 is 0 Å². The van der Waals surface area contributed by atoms with Crippen LogP contribution in [0.25, 0.3) is 0 Å². The molecular formula is C10H29NO. The van der Waals surface area contributed by atoms with E-state index in [1.807, 2.05) is 27.7 Å². The fourth-order valence-corrected chi connectivity index (χ4v) is 0. The summed E-state index contributed by atoms with van der Waals surface area (Å²) in [4.78, 5) is 2.12. The summed E-state index contributed by atoms with van der Waals surface area (Å²) in [5.41, 5.74) is 0. The highest BCUT2D eigenvalue weighted by atomic mass is 16.4. The Balaban J connectivity index is -0.0000000397. The summed E-state index contributed by atoms with van der Waals surface area (Å²) >= 11 is 0. The van der Waals surface area contributed by atoms with Gasteiger partial charge in [0.15, 0.2) is 0 Å². The molecule has 0 heterocycles. The zero-order valence-electron chi connectivity index (χ0n) is 10.6. The van der Waals surface area contributed by atoms with Gasteiger partial charge in [-0.1, -0.05) is 34.6 Å². The molecule has 0 rings (SSSR count). The Morgan fingerprint density at radius 2 is 1.00 bits per heavy atom. The van der Waals surface area contributed by atoms with Gasteiger partial charge in [-0.25, -0.2) is 0 Å². The maximum Gasteiger partial charge on any atom is 0.0351 e. The van der Waals surface area contributed by atoms with E-state index >= 15 is 0 Å². The van der Waals surface area contributed by atoms with E-state index in [-0.39, 0.29) is 0 Å². The van der Waals surface area contributed by atoms with Gasteiger partial charge in [-0.15, -0.1) is 0 Å². The van der Waals surface area contributed by atoms with Crippen molar-refractivity contribution in [3.05, 3.63) is 0 Å². The predicted octanol–water partition coefficient (Wildman–Crippen LogP) is 2.88. The Kier molecular flexibility index (Phi) is 83.8. The maximum atomic E-state index is 4.25. The largest absolute Gasteiger partial charge is 0.388 e. The van der Waals surface area contributed by atoms with E-state index in [2.05, 4.69) is 30.7 Å². The summed E-state index contributed by atoms with van der Waals surface area (Å²) in [6.07, 6.45) is 0. The van der Waals surface area contributed by atoms with Crippen molar-refractivity contribution < 1.29 is 4.74 Å². The van der Waals surface area contributed by atoms with E-state index in [0.29, 0.717) is 0 Å². The van der Waals surface area contributed by atoms with Crippen molar-refractivity contribution in [1.29, 1.82) is 0 Å². The van der Waals surface area contributed by atoms with Crippen LogP contribution in [0.4, 0.5) is 0 Å². The average Bonchev–Trinajstić information content (AvgIpc) is 2.13. The van der Waals surface area contributed by atoms with Crippen molar-refractivity contribution in [3.8, 4) is 0 Å². The second kappa shape index (κ2) is 44.4. The molecule has 2 heteroatoms. The molecule has 0 atom stereocenters. The normalized spacial score (nSPS) is 6.50. The molecule has 12 heavy (non-hydrogen) atoms. The first-order valence-corrected chi connectivity index (χ1v) is 4.73. The van der Waals surface area contributed by atoms with Crippen LogP contribution in [0.2, 0.25) is 0 Å². The van der Waals surface area contributed by atoms with Crippen LogP contribution in [-0.4, -0.2) is 39.8 Å². The summed E-state index contributed by atoms with van der Waals surface area (Å²) < 4.78 is 4.25. The number of rotatable bonds is 1. The first-order valence-electron chi connectivity index (χ1n) is 4.73. The van der Waals surface area contributed by atoms with E-state index in [4.69, 9.17) is 0 Å². The number of nitrogens with zero attached hydrogens (tertiary/aromatic N) is 1. The van der Waals surface area contributed by atoms with Gasteiger partial charge < -0.3 is 9.64 Å². The van der Waals surface area contributed by atoms with Crippen LogP contribution in [0.1, 0.15) is 34.6 Å². The van der Waals surface area contributed by atoms with E-state index in [9.17, 15) is 0 Å². The SMILES string of the molecule is CC.CC.CCN(C)C.COC. The van der Waals surface area contributed by atoms with Gasteiger partial charge in [0.25, 0.3) is 0 Å². The van der Waals surface area contributed by atoms with Crippen LogP contribution >= 0.6 is 0 Å². The van der Waals surface area contributed by atoms with Crippen LogP contribution < -0.4 is 0 Å². The number of methoxy groups -OCH3 is 1. The molecule has 0 unspecified atom stereocenters. The van der Waals surface area contributed by atoms with E-state index in [1.54, 1.807) is 14.2 Å².